The maximum absolute atomic E-state index is 12.8. The average Bonchev–Trinajstić information content (AvgIpc) is 2.61. The summed E-state index contributed by atoms with van der Waals surface area (Å²) in [5.74, 6) is 0.807. The standard InChI is InChI=1S/C21H32N2O3/c1-6-8-9-12-21(5,26-7-2)20(24)23-19-11-10-18(13-17(19)14-22)25-15-16(3)4/h10-11,13,16H,6-9,12,15H2,1-5H3,(H,23,24)/t21-/m1/s1. The average molecular weight is 360 g/mol. The normalized spacial score (nSPS) is 13.1. The maximum atomic E-state index is 12.8. The quantitative estimate of drug-likeness (QED) is 0.569. The molecule has 1 aromatic rings. The van der Waals surface area contributed by atoms with Crippen LogP contribution in [0, 0.1) is 17.2 Å². The Labute approximate surface area is 157 Å². The highest BCUT2D eigenvalue weighted by Gasteiger charge is 2.33. The number of carbonyl (C=O) groups excluding carboxylic acids is 1. The Balaban J connectivity index is 2.90. The first kappa shape index (κ1) is 22.0. The molecule has 5 nitrogen and oxygen atoms in total. The second-order valence-electron chi connectivity index (χ2n) is 7.10. The molecule has 0 radical (unpaired) electrons. The number of hydrogen-bond donors (Lipinski definition) is 1. The minimum atomic E-state index is -0.899. The van der Waals surface area contributed by atoms with Gasteiger partial charge in [-0.2, -0.15) is 5.26 Å². The van der Waals surface area contributed by atoms with Crippen molar-refractivity contribution in [3.8, 4) is 11.8 Å². The Bertz CT molecular complexity index is 622. The zero-order valence-electron chi connectivity index (χ0n) is 16.7. The van der Waals surface area contributed by atoms with E-state index in [0.717, 1.165) is 19.3 Å². The van der Waals surface area contributed by atoms with Crippen LogP contribution < -0.4 is 10.1 Å². The monoisotopic (exact) mass is 360 g/mol. The molecule has 0 aliphatic carbocycles. The zero-order valence-corrected chi connectivity index (χ0v) is 16.7. The number of nitrogens with zero attached hydrogens (tertiary/aromatic N) is 1. The highest BCUT2D eigenvalue weighted by Crippen LogP contribution is 2.26. The summed E-state index contributed by atoms with van der Waals surface area (Å²) in [5, 5.41) is 12.3. The van der Waals surface area contributed by atoms with Crippen LogP contribution in [0.25, 0.3) is 0 Å². The lowest BCUT2D eigenvalue weighted by atomic mass is 9.96. The summed E-state index contributed by atoms with van der Waals surface area (Å²) in [6, 6.07) is 7.27. The van der Waals surface area contributed by atoms with Crippen LogP contribution in [0.3, 0.4) is 0 Å². The van der Waals surface area contributed by atoms with Gasteiger partial charge in [-0.1, -0.05) is 40.0 Å². The van der Waals surface area contributed by atoms with Gasteiger partial charge in [0, 0.05) is 6.61 Å². The van der Waals surface area contributed by atoms with E-state index in [-0.39, 0.29) is 5.91 Å². The zero-order chi connectivity index (χ0) is 19.6. The summed E-state index contributed by atoms with van der Waals surface area (Å²) in [5.41, 5.74) is -0.0356. The Kier molecular flexibility index (Phi) is 9.15. The number of rotatable bonds is 11. The van der Waals surface area contributed by atoms with Gasteiger partial charge in [0.2, 0.25) is 0 Å². The van der Waals surface area contributed by atoms with E-state index in [9.17, 15) is 10.1 Å². The molecule has 0 aliphatic heterocycles. The van der Waals surface area contributed by atoms with Crippen molar-refractivity contribution in [1.29, 1.82) is 5.26 Å². The molecule has 0 spiro atoms. The molecule has 1 atom stereocenters. The van der Waals surface area contributed by atoms with Crippen molar-refractivity contribution in [2.24, 2.45) is 5.92 Å². The Morgan fingerprint density at radius 3 is 2.62 bits per heavy atom. The first-order chi connectivity index (χ1) is 12.4. The van der Waals surface area contributed by atoms with Crippen molar-refractivity contribution < 1.29 is 14.3 Å². The molecule has 0 saturated carbocycles. The molecule has 0 unspecified atom stereocenters. The molecule has 144 valence electrons. The van der Waals surface area contributed by atoms with Crippen LogP contribution in [0.2, 0.25) is 0 Å². The summed E-state index contributed by atoms with van der Waals surface area (Å²) >= 11 is 0. The molecular formula is C21H32N2O3. The van der Waals surface area contributed by atoms with Crippen LogP contribution >= 0.6 is 0 Å². The van der Waals surface area contributed by atoms with E-state index in [4.69, 9.17) is 9.47 Å². The molecule has 0 heterocycles. The molecule has 1 N–H and O–H groups in total. The number of anilines is 1. The van der Waals surface area contributed by atoms with Crippen LogP contribution in [-0.4, -0.2) is 24.7 Å². The number of amides is 1. The fraction of sp³-hybridized carbons (Fsp3) is 0.619. The van der Waals surface area contributed by atoms with Gasteiger partial charge in [-0.05, 0) is 44.4 Å². The minimum Gasteiger partial charge on any atom is -0.493 e. The van der Waals surface area contributed by atoms with E-state index in [1.807, 2.05) is 13.8 Å². The number of nitriles is 1. The van der Waals surface area contributed by atoms with E-state index in [1.54, 1.807) is 18.2 Å². The number of carbonyl (C=O) groups is 1. The molecule has 1 rings (SSSR count). The SMILES string of the molecule is CCCCC[C@@](C)(OCC)C(=O)Nc1ccc(OCC(C)C)cc1C#N. The fourth-order valence-electron chi connectivity index (χ4n) is 2.61. The molecule has 0 bridgehead atoms. The topological polar surface area (TPSA) is 71.3 Å². The third-order valence-corrected chi connectivity index (χ3v) is 4.14. The van der Waals surface area contributed by atoms with E-state index in [1.165, 1.54) is 0 Å². The number of nitrogens with one attached hydrogen (secondary N) is 1. The first-order valence-electron chi connectivity index (χ1n) is 9.48. The Morgan fingerprint density at radius 1 is 1.31 bits per heavy atom. The van der Waals surface area contributed by atoms with Crippen molar-refractivity contribution in [1.82, 2.24) is 0 Å². The van der Waals surface area contributed by atoms with Crippen molar-refractivity contribution in [2.75, 3.05) is 18.5 Å². The summed E-state index contributed by atoms with van der Waals surface area (Å²) in [4.78, 5) is 12.8. The lowest BCUT2D eigenvalue weighted by Gasteiger charge is -2.28. The van der Waals surface area contributed by atoms with Gasteiger partial charge in [0.05, 0.1) is 17.9 Å². The second-order valence-corrected chi connectivity index (χ2v) is 7.10. The molecule has 0 fully saturated rings. The maximum Gasteiger partial charge on any atom is 0.256 e. The van der Waals surface area contributed by atoms with Crippen LogP contribution in [0.5, 0.6) is 5.75 Å². The van der Waals surface area contributed by atoms with E-state index >= 15 is 0 Å². The third-order valence-electron chi connectivity index (χ3n) is 4.14. The van der Waals surface area contributed by atoms with E-state index in [2.05, 4.69) is 32.2 Å². The fourth-order valence-corrected chi connectivity index (χ4v) is 2.61. The van der Waals surface area contributed by atoms with Crippen LogP contribution in [0.1, 0.15) is 65.9 Å². The predicted molar refractivity (Wildman–Crippen MR) is 104 cm³/mol. The summed E-state index contributed by atoms with van der Waals surface area (Å²) in [7, 11) is 0. The smallest absolute Gasteiger partial charge is 0.256 e. The van der Waals surface area contributed by atoms with Crippen LogP contribution in [0.15, 0.2) is 18.2 Å². The molecule has 0 saturated heterocycles. The summed E-state index contributed by atoms with van der Waals surface area (Å²) in [6.45, 7) is 11.0. The van der Waals surface area contributed by atoms with Gasteiger partial charge in [0.1, 0.15) is 17.4 Å². The molecular weight excluding hydrogens is 328 g/mol. The first-order valence-corrected chi connectivity index (χ1v) is 9.48. The second kappa shape index (κ2) is 10.8. The molecule has 1 amide bonds. The number of hydrogen-bond acceptors (Lipinski definition) is 4. The Hall–Kier alpha value is -2.06. The molecule has 0 aliphatic rings. The third kappa shape index (κ3) is 6.68. The molecule has 26 heavy (non-hydrogen) atoms. The molecule has 1 aromatic carbocycles. The van der Waals surface area contributed by atoms with Gasteiger partial charge in [-0.3, -0.25) is 4.79 Å². The van der Waals surface area contributed by atoms with Crippen LogP contribution in [-0.2, 0) is 9.53 Å². The van der Waals surface area contributed by atoms with Gasteiger partial charge in [-0.15, -0.1) is 0 Å². The Morgan fingerprint density at radius 2 is 2.04 bits per heavy atom. The van der Waals surface area contributed by atoms with Gasteiger partial charge in [-0.25, -0.2) is 0 Å². The van der Waals surface area contributed by atoms with Crippen molar-refractivity contribution in [2.45, 2.75) is 65.9 Å². The molecule has 0 aromatic heterocycles. The number of ether oxygens (including phenoxy) is 2. The van der Waals surface area contributed by atoms with Crippen molar-refractivity contribution in [3.05, 3.63) is 23.8 Å². The van der Waals surface area contributed by atoms with E-state index in [0.29, 0.717) is 42.6 Å². The lowest BCUT2D eigenvalue weighted by Crippen LogP contribution is -2.43. The summed E-state index contributed by atoms with van der Waals surface area (Å²) < 4.78 is 11.4. The van der Waals surface area contributed by atoms with Gasteiger partial charge in [0.15, 0.2) is 0 Å². The van der Waals surface area contributed by atoms with Crippen LogP contribution in [0.4, 0.5) is 5.69 Å². The van der Waals surface area contributed by atoms with Gasteiger partial charge < -0.3 is 14.8 Å². The minimum absolute atomic E-state index is 0.220. The van der Waals surface area contributed by atoms with E-state index < -0.39 is 5.60 Å². The largest absolute Gasteiger partial charge is 0.493 e. The highest BCUT2D eigenvalue weighted by molar-refractivity contribution is 5.98. The van der Waals surface area contributed by atoms with Crippen molar-refractivity contribution in [3.63, 3.8) is 0 Å². The summed E-state index contributed by atoms with van der Waals surface area (Å²) in [6.07, 6.45) is 3.72. The van der Waals surface area contributed by atoms with Gasteiger partial charge in [0.25, 0.3) is 5.91 Å². The lowest BCUT2D eigenvalue weighted by molar-refractivity contribution is -0.139. The number of unbranched alkanes of at least 4 members (excludes halogenated alkanes) is 2. The predicted octanol–water partition coefficient (Wildman–Crippen LogP) is 4.91. The number of benzene rings is 1. The molecule has 5 heteroatoms. The van der Waals surface area contributed by atoms with Gasteiger partial charge >= 0.3 is 0 Å². The van der Waals surface area contributed by atoms with Crippen molar-refractivity contribution >= 4 is 11.6 Å². The highest BCUT2D eigenvalue weighted by atomic mass is 16.5.